The van der Waals surface area contributed by atoms with Crippen LogP contribution in [0.15, 0.2) is 22.7 Å². The summed E-state index contributed by atoms with van der Waals surface area (Å²) in [7, 11) is 0. The Bertz CT molecular complexity index is 298. The van der Waals surface area contributed by atoms with Gasteiger partial charge in [-0.25, -0.2) is 0 Å². The van der Waals surface area contributed by atoms with Crippen LogP contribution in [0.25, 0.3) is 0 Å². The molecule has 1 rings (SSSR count). The third-order valence-electron chi connectivity index (χ3n) is 1.28. The van der Waals surface area contributed by atoms with Crippen molar-refractivity contribution in [1.82, 2.24) is 0 Å². The minimum atomic E-state index is -0.468. The summed E-state index contributed by atoms with van der Waals surface area (Å²) in [4.78, 5) is 10.6. The molecule has 0 aliphatic rings. The maximum absolute atomic E-state index is 10.6. The molecule has 1 amide bonds. The lowest BCUT2D eigenvalue weighted by molar-refractivity contribution is 0.100. The number of hydrogen-bond acceptors (Lipinski definition) is 2. The number of halogens is 1. The first-order valence-electron chi connectivity index (χ1n) is 2.96. The molecule has 1 aromatic carbocycles. The molecule has 4 N–H and O–H groups in total. The van der Waals surface area contributed by atoms with E-state index in [0.29, 0.717) is 11.3 Å². The fourth-order valence-corrected chi connectivity index (χ4v) is 0.944. The van der Waals surface area contributed by atoms with Crippen LogP contribution in [0.1, 0.15) is 10.4 Å². The fraction of sp³-hybridized carbons (Fsp3) is 0. The molecule has 0 saturated heterocycles. The third-order valence-corrected chi connectivity index (χ3v) is 2.00. The van der Waals surface area contributed by atoms with Gasteiger partial charge in [-0.1, -0.05) is 0 Å². The van der Waals surface area contributed by atoms with E-state index in [1.165, 1.54) is 6.07 Å². The molecule has 11 heavy (non-hydrogen) atoms. The SMILES string of the molecule is NC(=O)c1ccc(Br)c(N)c1. The minimum absolute atomic E-state index is 0.422. The van der Waals surface area contributed by atoms with Crippen LogP contribution < -0.4 is 11.5 Å². The molecule has 0 saturated carbocycles. The van der Waals surface area contributed by atoms with Crippen LogP contribution in [-0.2, 0) is 0 Å². The van der Waals surface area contributed by atoms with Gasteiger partial charge in [-0.3, -0.25) is 4.79 Å². The van der Waals surface area contributed by atoms with Crippen molar-refractivity contribution < 1.29 is 4.79 Å². The number of carbonyl (C=O) groups excluding carboxylic acids is 1. The predicted molar refractivity (Wildman–Crippen MR) is 47.1 cm³/mol. The van der Waals surface area contributed by atoms with Crippen molar-refractivity contribution in [3.8, 4) is 0 Å². The van der Waals surface area contributed by atoms with Gasteiger partial charge in [0.15, 0.2) is 0 Å². The molecular formula is C7H7BrN2O. The molecule has 0 unspecified atom stereocenters. The van der Waals surface area contributed by atoms with Gasteiger partial charge in [0.2, 0.25) is 5.91 Å². The van der Waals surface area contributed by atoms with Gasteiger partial charge in [0.25, 0.3) is 0 Å². The molecule has 0 atom stereocenters. The topological polar surface area (TPSA) is 69.1 Å². The number of nitrogen functional groups attached to an aromatic ring is 1. The number of nitrogens with two attached hydrogens (primary N) is 2. The Labute approximate surface area is 72.5 Å². The number of rotatable bonds is 1. The molecule has 0 radical (unpaired) electrons. The number of benzene rings is 1. The average molecular weight is 215 g/mol. The summed E-state index contributed by atoms with van der Waals surface area (Å²) in [6.07, 6.45) is 0. The van der Waals surface area contributed by atoms with E-state index in [1.54, 1.807) is 12.1 Å². The highest BCUT2D eigenvalue weighted by atomic mass is 79.9. The van der Waals surface area contributed by atoms with E-state index in [9.17, 15) is 4.79 Å². The zero-order chi connectivity index (χ0) is 8.43. The van der Waals surface area contributed by atoms with E-state index in [0.717, 1.165) is 4.47 Å². The first-order chi connectivity index (χ1) is 5.11. The average Bonchev–Trinajstić information content (AvgIpc) is 1.94. The molecular weight excluding hydrogens is 208 g/mol. The lowest BCUT2D eigenvalue weighted by Gasteiger charge is -1.99. The molecule has 0 heterocycles. The van der Waals surface area contributed by atoms with E-state index in [1.807, 2.05) is 0 Å². The van der Waals surface area contributed by atoms with E-state index in [-0.39, 0.29) is 0 Å². The third kappa shape index (κ3) is 1.71. The Morgan fingerprint density at radius 1 is 1.45 bits per heavy atom. The quantitative estimate of drug-likeness (QED) is 0.689. The number of amides is 1. The lowest BCUT2D eigenvalue weighted by atomic mass is 10.2. The zero-order valence-corrected chi connectivity index (χ0v) is 7.26. The van der Waals surface area contributed by atoms with Gasteiger partial charge >= 0.3 is 0 Å². The Kier molecular flexibility index (Phi) is 2.14. The summed E-state index contributed by atoms with van der Waals surface area (Å²) < 4.78 is 0.766. The van der Waals surface area contributed by atoms with Crippen LogP contribution in [0, 0.1) is 0 Å². The van der Waals surface area contributed by atoms with Gasteiger partial charge < -0.3 is 11.5 Å². The van der Waals surface area contributed by atoms with Gasteiger partial charge in [0, 0.05) is 15.7 Å². The summed E-state index contributed by atoms with van der Waals surface area (Å²) in [5.74, 6) is -0.468. The van der Waals surface area contributed by atoms with E-state index < -0.39 is 5.91 Å². The molecule has 0 bridgehead atoms. The van der Waals surface area contributed by atoms with Crippen LogP contribution in [-0.4, -0.2) is 5.91 Å². The number of anilines is 1. The Morgan fingerprint density at radius 2 is 2.09 bits per heavy atom. The molecule has 4 heteroatoms. The molecule has 3 nitrogen and oxygen atoms in total. The second kappa shape index (κ2) is 2.92. The Hall–Kier alpha value is -1.03. The Morgan fingerprint density at radius 3 is 2.55 bits per heavy atom. The van der Waals surface area contributed by atoms with Gasteiger partial charge in [0.1, 0.15) is 0 Å². The second-order valence-electron chi connectivity index (χ2n) is 2.10. The summed E-state index contributed by atoms with van der Waals surface area (Å²) in [5, 5.41) is 0. The maximum atomic E-state index is 10.6. The molecule has 0 aliphatic carbocycles. The first kappa shape index (κ1) is 8.07. The highest BCUT2D eigenvalue weighted by Crippen LogP contribution is 2.19. The fourth-order valence-electron chi connectivity index (χ4n) is 0.697. The summed E-state index contributed by atoms with van der Waals surface area (Å²) >= 11 is 3.20. The van der Waals surface area contributed by atoms with E-state index in [2.05, 4.69) is 15.9 Å². The number of primary amides is 1. The molecule has 0 fully saturated rings. The van der Waals surface area contributed by atoms with Crippen molar-refractivity contribution in [3.63, 3.8) is 0 Å². The van der Waals surface area contributed by atoms with Gasteiger partial charge in [-0.05, 0) is 34.1 Å². The van der Waals surface area contributed by atoms with Gasteiger partial charge in [-0.2, -0.15) is 0 Å². The van der Waals surface area contributed by atoms with Crippen LogP contribution in [0.5, 0.6) is 0 Å². The molecule has 0 aromatic heterocycles. The normalized spacial score (nSPS) is 9.55. The minimum Gasteiger partial charge on any atom is -0.398 e. The summed E-state index contributed by atoms with van der Waals surface area (Å²) in [5.41, 5.74) is 11.5. The molecule has 58 valence electrons. The largest absolute Gasteiger partial charge is 0.398 e. The lowest BCUT2D eigenvalue weighted by Crippen LogP contribution is -2.11. The van der Waals surface area contributed by atoms with Crippen molar-refractivity contribution in [2.75, 3.05) is 5.73 Å². The van der Waals surface area contributed by atoms with Crippen LogP contribution >= 0.6 is 15.9 Å². The van der Waals surface area contributed by atoms with Crippen molar-refractivity contribution in [2.24, 2.45) is 5.73 Å². The van der Waals surface area contributed by atoms with Crippen LogP contribution in [0.4, 0.5) is 5.69 Å². The summed E-state index contributed by atoms with van der Waals surface area (Å²) in [6.45, 7) is 0. The number of carbonyl (C=O) groups is 1. The smallest absolute Gasteiger partial charge is 0.248 e. The predicted octanol–water partition coefficient (Wildman–Crippen LogP) is 1.13. The van der Waals surface area contributed by atoms with Crippen LogP contribution in [0.2, 0.25) is 0 Å². The van der Waals surface area contributed by atoms with Gasteiger partial charge in [0.05, 0.1) is 0 Å². The van der Waals surface area contributed by atoms with Crippen LogP contribution in [0.3, 0.4) is 0 Å². The van der Waals surface area contributed by atoms with Crippen molar-refractivity contribution >= 4 is 27.5 Å². The highest BCUT2D eigenvalue weighted by molar-refractivity contribution is 9.10. The van der Waals surface area contributed by atoms with E-state index in [4.69, 9.17) is 11.5 Å². The van der Waals surface area contributed by atoms with E-state index >= 15 is 0 Å². The maximum Gasteiger partial charge on any atom is 0.248 e. The second-order valence-corrected chi connectivity index (χ2v) is 2.95. The summed E-state index contributed by atoms with van der Waals surface area (Å²) in [6, 6.07) is 4.84. The number of hydrogen-bond donors (Lipinski definition) is 2. The monoisotopic (exact) mass is 214 g/mol. The van der Waals surface area contributed by atoms with Crippen molar-refractivity contribution in [2.45, 2.75) is 0 Å². The molecule has 0 aliphatic heterocycles. The van der Waals surface area contributed by atoms with Gasteiger partial charge in [-0.15, -0.1) is 0 Å². The zero-order valence-electron chi connectivity index (χ0n) is 5.67. The van der Waals surface area contributed by atoms with Crippen molar-refractivity contribution in [1.29, 1.82) is 0 Å². The molecule has 0 spiro atoms. The first-order valence-corrected chi connectivity index (χ1v) is 3.75. The Balaban J connectivity index is 3.15. The highest BCUT2D eigenvalue weighted by Gasteiger charge is 2.01. The van der Waals surface area contributed by atoms with Crippen molar-refractivity contribution in [3.05, 3.63) is 28.2 Å². The molecule has 1 aromatic rings. The standard InChI is InChI=1S/C7H7BrN2O/c8-5-2-1-4(7(10)11)3-6(5)9/h1-3H,9H2,(H2,10,11).